The van der Waals surface area contributed by atoms with Crippen molar-refractivity contribution in [3.05, 3.63) is 215 Å². The van der Waals surface area contributed by atoms with E-state index in [1.807, 2.05) is 127 Å². The Balaban J connectivity index is 0.940. The van der Waals surface area contributed by atoms with Crippen molar-refractivity contribution < 1.29 is 14.4 Å². The second-order valence-corrected chi connectivity index (χ2v) is 17.7. The molecule has 0 aliphatic rings. The average Bonchev–Trinajstić information content (AvgIpc) is 3.39. The summed E-state index contributed by atoms with van der Waals surface area (Å²) in [5, 5.41) is 3.21. The number of fused-ring (bicyclic) bond motifs is 3. The third kappa shape index (κ3) is 8.93. The molecule has 0 aliphatic carbocycles. The van der Waals surface area contributed by atoms with Crippen molar-refractivity contribution in [2.24, 2.45) is 0 Å². The molecule has 336 valence electrons. The highest BCUT2D eigenvalue weighted by Crippen LogP contribution is 2.30. The molecular weight excluding hydrogens is 853 g/mol. The molecule has 69 heavy (non-hydrogen) atoms. The van der Waals surface area contributed by atoms with Crippen LogP contribution < -0.4 is 14.7 Å². The number of anilines is 3. The Kier molecular flexibility index (Phi) is 11.6. The van der Waals surface area contributed by atoms with Gasteiger partial charge in [-0.15, -0.1) is 0 Å². The van der Waals surface area contributed by atoms with Gasteiger partial charge in [-0.25, -0.2) is 15.0 Å². The zero-order valence-corrected chi connectivity index (χ0v) is 39.2. The number of aryl methyl sites for hydroxylation is 3. The first kappa shape index (κ1) is 44.0. The predicted molar refractivity (Wildman–Crippen MR) is 280 cm³/mol. The summed E-state index contributed by atoms with van der Waals surface area (Å²) >= 11 is 0. The summed E-state index contributed by atoms with van der Waals surface area (Å²) < 4.78 is 0. The maximum absolute atomic E-state index is 14.5. The van der Waals surface area contributed by atoms with Crippen molar-refractivity contribution in [3.8, 4) is 33.8 Å². The van der Waals surface area contributed by atoms with Gasteiger partial charge in [0.15, 0.2) is 0 Å². The van der Waals surface area contributed by atoms with E-state index in [9.17, 15) is 14.4 Å². The number of carbonyl (C=O) groups excluding carboxylic acids is 3. The Morgan fingerprint density at radius 3 is 0.841 bits per heavy atom. The molecule has 10 aromatic rings. The van der Waals surface area contributed by atoms with Gasteiger partial charge in [0, 0.05) is 87.7 Å². The normalized spacial score (nSPS) is 11.2. The van der Waals surface area contributed by atoms with Gasteiger partial charge in [-0.3, -0.25) is 14.4 Å². The molecule has 0 bridgehead atoms. The third-order valence-electron chi connectivity index (χ3n) is 12.8. The molecule has 7 aromatic carbocycles. The number of carbonyl (C=O) groups is 3. The minimum atomic E-state index is -0.388. The van der Waals surface area contributed by atoms with Crippen LogP contribution in [-0.4, -0.2) is 53.8 Å². The first-order chi connectivity index (χ1) is 33.3. The van der Waals surface area contributed by atoms with Crippen molar-refractivity contribution in [1.29, 1.82) is 0 Å². The van der Waals surface area contributed by atoms with Crippen LogP contribution in [0.25, 0.3) is 66.5 Å². The van der Waals surface area contributed by atoms with Crippen LogP contribution in [0, 0.1) is 20.8 Å². The monoisotopic (exact) mass is 900 g/mol. The average molecular weight is 901 g/mol. The SMILES string of the molecule is Cc1ccc2nc(-c3ccc(N(C)C(=O)c4cc(C(=O)N(C)c5ccc(-c6ccc7cc(C)ccc7n6)cc5)cc(C(=O)N(C)c5ccc(-c6ccc7cc(C)ccc7n6)cc5)c4)cc3)ccc2c1. The van der Waals surface area contributed by atoms with Crippen LogP contribution in [0.1, 0.15) is 47.8 Å². The Labute approximate surface area is 401 Å². The van der Waals surface area contributed by atoms with Crippen LogP contribution in [0.2, 0.25) is 0 Å². The molecule has 0 aliphatic heterocycles. The van der Waals surface area contributed by atoms with E-state index in [2.05, 4.69) is 57.2 Å². The van der Waals surface area contributed by atoms with Gasteiger partial charge in [-0.2, -0.15) is 0 Å². The summed E-state index contributed by atoms with van der Waals surface area (Å²) in [5.41, 5.74) is 13.8. The molecular formula is C60H48N6O3. The molecule has 0 unspecified atom stereocenters. The van der Waals surface area contributed by atoms with Gasteiger partial charge in [0.25, 0.3) is 17.7 Å². The molecule has 10 rings (SSSR count). The van der Waals surface area contributed by atoms with Crippen LogP contribution in [0.5, 0.6) is 0 Å². The van der Waals surface area contributed by atoms with Gasteiger partial charge in [-0.1, -0.05) is 89.5 Å². The maximum Gasteiger partial charge on any atom is 0.258 e. The number of benzene rings is 7. The summed E-state index contributed by atoms with van der Waals surface area (Å²) in [6.45, 7) is 6.18. The lowest BCUT2D eigenvalue weighted by Gasteiger charge is -2.22. The van der Waals surface area contributed by atoms with E-state index in [4.69, 9.17) is 15.0 Å². The first-order valence-corrected chi connectivity index (χ1v) is 22.8. The lowest BCUT2D eigenvalue weighted by molar-refractivity contribution is 0.0992. The largest absolute Gasteiger partial charge is 0.311 e. The fourth-order valence-electron chi connectivity index (χ4n) is 8.72. The Morgan fingerprint density at radius 1 is 0.319 bits per heavy atom. The minimum Gasteiger partial charge on any atom is -0.311 e. The van der Waals surface area contributed by atoms with Crippen LogP contribution in [-0.2, 0) is 0 Å². The van der Waals surface area contributed by atoms with Gasteiger partial charge < -0.3 is 14.7 Å². The van der Waals surface area contributed by atoms with Gasteiger partial charge in [-0.05, 0) is 130 Å². The molecule has 0 N–H and O–H groups in total. The van der Waals surface area contributed by atoms with Gasteiger partial charge in [0.05, 0.1) is 33.6 Å². The number of aromatic nitrogens is 3. The molecule has 0 spiro atoms. The van der Waals surface area contributed by atoms with Crippen LogP contribution >= 0.6 is 0 Å². The summed E-state index contributed by atoms with van der Waals surface area (Å²) in [6.07, 6.45) is 0. The summed E-state index contributed by atoms with van der Waals surface area (Å²) in [4.78, 5) is 62.7. The molecule has 3 heterocycles. The summed E-state index contributed by atoms with van der Waals surface area (Å²) in [7, 11) is 5.05. The Hall–Kier alpha value is -8.82. The Morgan fingerprint density at radius 2 is 0.580 bits per heavy atom. The number of rotatable bonds is 9. The molecule has 0 atom stereocenters. The van der Waals surface area contributed by atoms with Gasteiger partial charge in [0.1, 0.15) is 0 Å². The van der Waals surface area contributed by atoms with Crippen molar-refractivity contribution >= 4 is 67.5 Å². The lowest BCUT2D eigenvalue weighted by Crippen LogP contribution is -2.31. The first-order valence-electron chi connectivity index (χ1n) is 22.8. The Bertz CT molecular complexity index is 3250. The summed E-state index contributed by atoms with van der Waals surface area (Å²) in [6, 6.07) is 58.2. The lowest BCUT2D eigenvalue weighted by atomic mass is 10.0. The van der Waals surface area contributed by atoms with Gasteiger partial charge >= 0.3 is 0 Å². The van der Waals surface area contributed by atoms with Crippen LogP contribution in [0.4, 0.5) is 17.1 Å². The van der Waals surface area contributed by atoms with Crippen molar-refractivity contribution in [1.82, 2.24) is 15.0 Å². The van der Waals surface area contributed by atoms with E-state index in [1.54, 1.807) is 39.3 Å². The van der Waals surface area contributed by atoms with Crippen LogP contribution in [0.15, 0.2) is 182 Å². The zero-order chi connectivity index (χ0) is 47.9. The summed E-state index contributed by atoms with van der Waals surface area (Å²) in [5.74, 6) is -1.16. The van der Waals surface area contributed by atoms with Gasteiger partial charge in [0.2, 0.25) is 0 Å². The number of pyridine rings is 3. The topological polar surface area (TPSA) is 99.6 Å². The van der Waals surface area contributed by atoms with E-state index in [0.717, 1.165) is 66.5 Å². The second-order valence-electron chi connectivity index (χ2n) is 17.7. The van der Waals surface area contributed by atoms with Crippen molar-refractivity contribution in [3.63, 3.8) is 0 Å². The molecule has 3 aromatic heterocycles. The molecule has 3 amide bonds. The predicted octanol–water partition coefficient (Wildman–Crippen LogP) is 13.1. The fourth-order valence-corrected chi connectivity index (χ4v) is 8.72. The van der Waals surface area contributed by atoms with E-state index in [1.165, 1.54) is 31.4 Å². The number of hydrogen-bond acceptors (Lipinski definition) is 6. The molecule has 0 saturated carbocycles. The highest BCUT2D eigenvalue weighted by molar-refractivity contribution is 6.14. The molecule has 0 radical (unpaired) electrons. The number of hydrogen-bond donors (Lipinski definition) is 0. The smallest absolute Gasteiger partial charge is 0.258 e. The van der Waals surface area contributed by atoms with E-state index >= 15 is 0 Å². The molecule has 9 heteroatoms. The standard InChI is InChI=1S/C60H48N6O3/c1-37-7-25-55-43(31-37)16-28-52(61-55)40-10-19-49(20-11-40)64(4)58(67)46-34-47(59(68)65(5)50-21-12-41(13-22-50)53-29-17-44-32-38(2)8-26-56(44)62-53)36-48(35-46)60(69)66(6)51-23-14-42(15-24-51)54-30-18-45-33-39(3)9-27-57(45)63-54/h7-36H,1-6H3. The quantitative estimate of drug-likeness (QED) is 0.143. The zero-order valence-electron chi connectivity index (χ0n) is 39.2. The van der Waals surface area contributed by atoms with Crippen molar-refractivity contribution in [2.75, 3.05) is 35.8 Å². The number of amides is 3. The molecule has 0 fully saturated rings. The van der Waals surface area contributed by atoms with E-state index < -0.39 is 0 Å². The van der Waals surface area contributed by atoms with Crippen LogP contribution in [0.3, 0.4) is 0 Å². The highest BCUT2D eigenvalue weighted by atomic mass is 16.2. The third-order valence-corrected chi connectivity index (χ3v) is 12.8. The maximum atomic E-state index is 14.5. The fraction of sp³-hybridized carbons (Fsp3) is 0.100. The van der Waals surface area contributed by atoms with E-state index in [0.29, 0.717) is 17.1 Å². The minimum absolute atomic E-state index is 0.185. The van der Waals surface area contributed by atoms with E-state index in [-0.39, 0.29) is 34.4 Å². The second kappa shape index (κ2) is 18.1. The van der Waals surface area contributed by atoms with Crippen molar-refractivity contribution in [2.45, 2.75) is 20.8 Å². The number of nitrogens with zero attached hydrogens (tertiary/aromatic N) is 6. The highest BCUT2D eigenvalue weighted by Gasteiger charge is 2.24. The molecule has 0 saturated heterocycles. The molecule has 9 nitrogen and oxygen atoms in total.